The largest absolute Gasteiger partial charge is 0.505 e. The molecule has 1 aromatic heterocycles. The molecule has 0 fully saturated rings. The number of anilines is 1. The number of nitrogens with zero attached hydrogens (tertiary/aromatic N) is 2. The number of phenols is 1. The number of alkyl halides is 3. The fourth-order valence-corrected chi connectivity index (χ4v) is 4.22. The number of esters is 1. The second-order valence-electron chi connectivity index (χ2n) is 10.1. The number of amidine groups is 1. The first-order chi connectivity index (χ1) is 18.8. The van der Waals surface area contributed by atoms with Gasteiger partial charge in [-0.25, -0.2) is 9.00 Å². The molecule has 0 saturated heterocycles. The first kappa shape index (κ1) is 33.4. The Labute approximate surface area is 237 Å². The fourth-order valence-electron chi connectivity index (χ4n) is 3.69. The maximum absolute atomic E-state index is 13.7. The van der Waals surface area contributed by atoms with Crippen molar-refractivity contribution in [3.63, 3.8) is 0 Å². The molecule has 2 aromatic rings. The van der Waals surface area contributed by atoms with Crippen LogP contribution in [0.3, 0.4) is 0 Å². The van der Waals surface area contributed by atoms with E-state index < -0.39 is 79.6 Å². The van der Waals surface area contributed by atoms with Gasteiger partial charge in [-0.3, -0.25) is 9.79 Å². The van der Waals surface area contributed by atoms with Crippen LogP contribution in [0, 0.1) is 12.3 Å². The number of hydrogen-bond donors (Lipinski definition) is 4. The Morgan fingerprint density at radius 1 is 1.20 bits per heavy atom. The van der Waals surface area contributed by atoms with E-state index in [1.54, 1.807) is 39.8 Å². The summed E-state index contributed by atoms with van der Waals surface area (Å²) in [6.07, 6.45) is -5.01. The predicted octanol–water partition coefficient (Wildman–Crippen LogP) is 4.57. The normalized spacial score (nSPS) is 14.7. The quantitative estimate of drug-likeness (QED) is 0.0803. The Kier molecular flexibility index (Phi) is 10.4. The monoisotopic (exact) mass is 602 g/mol. The highest BCUT2D eigenvalue weighted by Gasteiger charge is 2.39. The van der Waals surface area contributed by atoms with Crippen molar-refractivity contribution in [2.75, 3.05) is 26.0 Å². The number of aryl methyl sites for hydroxylation is 1. The number of aromatic hydroxyl groups is 1. The van der Waals surface area contributed by atoms with Crippen molar-refractivity contribution in [3.8, 4) is 5.75 Å². The van der Waals surface area contributed by atoms with E-state index in [2.05, 4.69) is 10.3 Å². The third-order valence-electron chi connectivity index (χ3n) is 5.60. The van der Waals surface area contributed by atoms with Gasteiger partial charge in [0.2, 0.25) is 0 Å². The van der Waals surface area contributed by atoms with Gasteiger partial charge in [-0.2, -0.15) is 13.2 Å². The highest BCUT2D eigenvalue weighted by molar-refractivity contribution is 7.84. The van der Waals surface area contributed by atoms with Crippen molar-refractivity contribution in [1.29, 1.82) is 0 Å². The number of aliphatic imine (C=N–C) groups is 1. The zero-order valence-electron chi connectivity index (χ0n) is 23.5. The van der Waals surface area contributed by atoms with Gasteiger partial charge in [0.1, 0.15) is 29.1 Å². The highest BCUT2D eigenvalue weighted by atomic mass is 32.2. The van der Waals surface area contributed by atoms with Gasteiger partial charge in [-0.15, -0.1) is 0 Å². The minimum absolute atomic E-state index is 0.201. The third-order valence-corrected chi connectivity index (χ3v) is 6.32. The Balaban J connectivity index is 2.90. The van der Waals surface area contributed by atoms with E-state index in [9.17, 15) is 36.6 Å². The summed E-state index contributed by atoms with van der Waals surface area (Å²) in [6, 6.07) is 3.84. The molecule has 0 bridgehead atoms. The summed E-state index contributed by atoms with van der Waals surface area (Å²) in [5.41, 5.74) is 1.93. The van der Waals surface area contributed by atoms with Crippen LogP contribution in [0.4, 0.5) is 18.9 Å². The lowest BCUT2D eigenvalue weighted by atomic mass is 9.85. The molecular formula is C26H33F3N4O7S. The van der Waals surface area contributed by atoms with E-state index in [-0.39, 0.29) is 6.61 Å². The molecule has 1 heterocycles. The number of nitrogens with two attached hydrogens (primary N) is 1. The Hall–Kier alpha value is -3.85. The lowest BCUT2D eigenvalue weighted by Gasteiger charge is -2.27. The standard InChI is InChI=1S/C26H33F3N4O7S/c1-8-39-24(36)20(41(37)38)18(22(30)32-21(25(3,4)5)16-12-9-13(2)40-16)31-15-11-10-14(26(27,28)29)17(19(15)34)23(35)33(6)7/h9-12,21,31,34H,8H2,1-7H3,(H2,30,32)(H,37,38)/b20-18+/t21-/m0/s1. The minimum atomic E-state index is -5.01. The molecule has 2 rings (SSSR count). The predicted molar refractivity (Wildman–Crippen MR) is 146 cm³/mol. The zero-order valence-corrected chi connectivity index (χ0v) is 24.4. The maximum Gasteiger partial charge on any atom is 0.417 e. The number of hydrogen-bond acceptors (Lipinski definition) is 8. The van der Waals surface area contributed by atoms with Crippen LogP contribution in [0.2, 0.25) is 0 Å². The van der Waals surface area contributed by atoms with Gasteiger partial charge in [-0.05, 0) is 43.5 Å². The summed E-state index contributed by atoms with van der Waals surface area (Å²) < 4.78 is 74.1. The molecular weight excluding hydrogens is 569 g/mol. The molecule has 0 aliphatic rings. The fraction of sp³-hybridized carbons (Fsp3) is 0.423. The van der Waals surface area contributed by atoms with Gasteiger partial charge in [0.05, 0.1) is 23.4 Å². The summed E-state index contributed by atoms with van der Waals surface area (Å²) in [6.45, 7) is 8.36. The Morgan fingerprint density at radius 3 is 2.24 bits per heavy atom. The van der Waals surface area contributed by atoms with Crippen LogP contribution in [0.25, 0.3) is 0 Å². The number of phenolic OH excluding ortho intramolecular Hbond substituents is 1. The zero-order chi connectivity index (χ0) is 31.4. The number of halogens is 3. The van der Waals surface area contributed by atoms with Gasteiger partial charge in [0.25, 0.3) is 5.91 Å². The van der Waals surface area contributed by atoms with Crippen molar-refractivity contribution in [1.82, 2.24) is 4.90 Å². The van der Waals surface area contributed by atoms with Crippen LogP contribution in [0.15, 0.2) is 44.3 Å². The van der Waals surface area contributed by atoms with Crippen LogP contribution < -0.4 is 11.1 Å². The lowest BCUT2D eigenvalue weighted by Crippen LogP contribution is -2.30. The number of rotatable bonds is 9. The number of amides is 1. The molecule has 226 valence electrons. The number of ether oxygens (including phenoxy) is 1. The molecule has 0 aliphatic heterocycles. The topological polar surface area (TPSA) is 168 Å². The van der Waals surface area contributed by atoms with E-state index in [0.29, 0.717) is 17.6 Å². The smallest absolute Gasteiger partial charge is 0.417 e. The molecule has 0 aliphatic carbocycles. The van der Waals surface area contributed by atoms with Crippen molar-refractivity contribution in [2.45, 2.75) is 46.8 Å². The van der Waals surface area contributed by atoms with E-state index in [1.807, 2.05) is 0 Å². The van der Waals surface area contributed by atoms with Gasteiger partial charge in [0.15, 0.2) is 21.7 Å². The number of nitrogens with one attached hydrogen (secondary N) is 1. The van der Waals surface area contributed by atoms with Crippen LogP contribution in [-0.4, -0.2) is 57.2 Å². The number of carbonyl (C=O) groups excluding carboxylic acids is 2. The average Bonchev–Trinajstić information content (AvgIpc) is 3.26. The Morgan fingerprint density at radius 2 is 1.80 bits per heavy atom. The van der Waals surface area contributed by atoms with Crippen LogP contribution >= 0.6 is 0 Å². The summed E-state index contributed by atoms with van der Waals surface area (Å²) in [7, 11) is 2.38. The minimum Gasteiger partial charge on any atom is -0.505 e. The molecule has 1 amide bonds. The summed E-state index contributed by atoms with van der Waals surface area (Å²) >= 11 is -3.06. The average molecular weight is 603 g/mol. The first-order valence-corrected chi connectivity index (χ1v) is 13.3. The van der Waals surface area contributed by atoms with Crippen LogP contribution in [0.5, 0.6) is 5.75 Å². The molecule has 0 radical (unpaired) electrons. The summed E-state index contributed by atoms with van der Waals surface area (Å²) in [5, 5.41) is 13.3. The molecule has 0 saturated carbocycles. The Bertz CT molecular complexity index is 1390. The van der Waals surface area contributed by atoms with E-state index in [0.717, 1.165) is 11.0 Å². The lowest BCUT2D eigenvalue weighted by molar-refractivity contribution is -0.138. The van der Waals surface area contributed by atoms with Crippen molar-refractivity contribution >= 4 is 34.5 Å². The number of benzene rings is 1. The summed E-state index contributed by atoms with van der Waals surface area (Å²) in [5.74, 6) is -3.21. The van der Waals surface area contributed by atoms with E-state index >= 15 is 0 Å². The molecule has 1 aromatic carbocycles. The third kappa shape index (κ3) is 7.88. The molecule has 5 N–H and O–H groups in total. The molecule has 11 nitrogen and oxygen atoms in total. The molecule has 41 heavy (non-hydrogen) atoms. The van der Waals surface area contributed by atoms with Gasteiger partial charge in [-0.1, -0.05) is 20.8 Å². The van der Waals surface area contributed by atoms with Crippen molar-refractivity contribution in [3.05, 3.63) is 57.5 Å². The van der Waals surface area contributed by atoms with E-state index in [4.69, 9.17) is 14.9 Å². The van der Waals surface area contributed by atoms with Crippen LogP contribution in [0.1, 0.15) is 61.2 Å². The number of carbonyl (C=O) groups is 2. The maximum atomic E-state index is 13.7. The second-order valence-corrected chi connectivity index (χ2v) is 11.0. The molecule has 2 atom stereocenters. The SMILES string of the molecule is CCOC(=O)/C(=C(\Nc1ccc(C(F)(F)F)c(C(=O)N(C)C)c1O)C(N)=N[C@@H](c1ccc(C)o1)C(C)(C)C)S(=O)O. The second kappa shape index (κ2) is 12.8. The van der Waals surface area contributed by atoms with Crippen LogP contribution in [-0.2, 0) is 26.8 Å². The van der Waals surface area contributed by atoms with Gasteiger partial charge in [0, 0.05) is 14.1 Å². The van der Waals surface area contributed by atoms with Crippen molar-refractivity contribution < 1.29 is 45.8 Å². The van der Waals surface area contributed by atoms with E-state index in [1.165, 1.54) is 21.0 Å². The molecule has 0 spiro atoms. The van der Waals surface area contributed by atoms with Crippen molar-refractivity contribution in [2.24, 2.45) is 16.1 Å². The number of furan rings is 1. The van der Waals surface area contributed by atoms with Gasteiger partial charge >= 0.3 is 12.1 Å². The highest BCUT2D eigenvalue weighted by Crippen LogP contribution is 2.41. The molecule has 1 unspecified atom stereocenters. The van der Waals surface area contributed by atoms with Gasteiger partial charge < -0.3 is 34.8 Å². The summed E-state index contributed by atoms with van der Waals surface area (Å²) in [4.78, 5) is 29.7. The molecule has 15 heteroatoms. The first-order valence-electron chi connectivity index (χ1n) is 12.1.